The van der Waals surface area contributed by atoms with Gasteiger partial charge in [0.25, 0.3) is 0 Å². The molecule has 1 heterocycles. The van der Waals surface area contributed by atoms with Gasteiger partial charge in [0, 0.05) is 18.0 Å². The van der Waals surface area contributed by atoms with E-state index in [1.165, 1.54) is 16.7 Å². The predicted molar refractivity (Wildman–Crippen MR) is 82.2 cm³/mol. The molecule has 0 aliphatic rings. The molecule has 2 nitrogen and oxygen atoms in total. The van der Waals surface area contributed by atoms with Gasteiger partial charge in [-0.25, -0.2) is 0 Å². The summed E-state index contributed by atoms with van der Waals surface area (Å²) in [6.45, 7) is 4.97. The lowest BCUT2D eigenvalue weighted by atomic mass is 10.1. The molecule has 19 heavy (non-hydrogen) atoms. The van der Waals surface area contributed by atoms with Crippen LogP contribution in [0, 0.1) is 6.92 Å². The van der Waals surface area contributed by atoms with Crippen LogP contribution in [0.3, 0.4) is 0 Å². The molecule has 1 unspecified atom stereocenters. The summed E-state index contributed by atoms with van der Waals surface area (Å²) in [7, 11) is 1.97. The van der Waals surface area contributed by atoms with Crippen LogP contribution in [0.5, 0.6) is 5.75 Å². The first kappa shape index (κ1) is 14.1. The van der Waals surface area contributed by atoms with Crippen LogP contribution in [0.4, 0.5) is 0 Å². The Balaban J connectivity index is 2.03. The summed E-state index contributed by atoms with van der Waals surface area (Å²) in [6, 6.07) is 8.86. The van der Waals surface area contributed by atoms with Crippen LogP contribution in [0.15, 0.2) is 35.0 Å². The van der Waals surface area contributed by atoms with Gasteiger partial charge in [0.05, 0.1) is 6.61 Å². The zero-order chi connectivity index (χ0) is 13.7. The molecule has 0 saturated heterocycles. The van der Waals surface area contributed by atoms with E-state index in [1.807, 2.05) is 7.05 Å². The highest BCUT2D eigenvalue weighted by molar-refractivity contribution is 7.07. The lowest BCUT2D eigenvalue weighted by Crippen LogP contribution is -2.14. The van der Waals surface area contributed by atoms with Crippen LogP contribution in [0.1, 0.15) is 29.7 Å². The number of nitrogens with one attached hydrogen (secondary N) is 1. The Bertz CT molecular complexity index is 507. The second-order valence-electron chi connectivity index (χ2n) is 4.78. The molecule has 0 aliphatic heterocycles. The van der Waals surface area contributed by atoms with E-state index >= 15 is 0 Å². The van der Waals surface area contributed by atoms with Gasteiger partial charge < -0.3 is 10.1 Å². The van der Waals surface area contributed by atoms with Gasteiger partial charge >= 0.3 is 0 Å². The Morgan fingerprint density at radius 1 is 1.32 bits per heavy atom. The number of rotatable bonds is 6. The third-order valence-corrected chi connectivity index (χ3v) is 4.03. The molecule has 1 aromatic heterocycles. The lowest BCUT2D eigenvalue weighted by Gasteiger charge is -2.17. The normalized spacial score (nSPS) is 12.4. The monoisotopic (exact) mass is 275 g/mol. The summed E-state index contributed by atoms with van der Waals surface area (Å²) >= 11 is 1.73. The second-order valence-corrected chi connectivity index (χ2v) is 5.56. The summed E-state index contributed by atoms with van der Waals surface area (Å²) in [5, 5.41) is 7.55. The van der Waals surface area contributed by atoms with Crippen molar-refractivity contribution < 1.29 is 4.74 Å². The van der Waals surface area contributed by atoms with Gasteiger partial charge in [-0.1, -0.05) is 12.1 Å². The van der Waals surface area contributed by atoms with E-state index in [9.17, 15) is 0 Å². The highest BCUT2D eigenvalue weighted by Gasteiger charge is 2.10. The lowest BCUT2D eigenvalue weighted by molar-refractivity contribution is 0.315. The van der Waals surface area contributed by atoms with Crippen molar-refractivity contribution in [2.45, 2.75) is 26.3 Å². The Labute approximate surface area is 119 Å². The topological polar surface area (TPSA) is 21.3 Å². The number of hydrogen-bond donors (Lipinski definition) is 1. The van der Waals surface area contributed by atoms with Crippen LogP contribution in [0.2, 0.25) is 0 Å². The van der Waals surface area contributed by atoms with Crippen molar-refractivity contribution in [1.29, 1.82) is 0 Å². The number of aryl methyl sites for hydroxylation is 1. The predicted octanol–water partition coefficient (Wildman–Crippen LogP) is 3.96. The minimum atomic E-state index is 0.303. The number of ether oxygens (including phenoxy) is 1. The third-order valence-electron chi connectivity index (χ3n) is 3.30. The fraction of sp³-hybridized carbons (Fsp3) is 0.375. The first-order chi connectivity index (χ1) is 9.20. The molecule has 102 valence electrons. The Morgan fingerprint density at radius 2 is 2.16 bits per heavy atom. The van der Waals surface area contributed by atoms with Crippen molar-refractivity contribution in [2.75, 3.05) is 13.7 Å². The first-order valence-corrected chi connectivity index (χ1v) is 7.56. The minimum absolute atomic E-state index is 0.303. The fourth-order valence-corrected chi connectivity index (χ4v) is 2.70. The molecule has 1 atom stereocenters. The number of thiophene rings is 1. The standard InChI is InChI=1S/C16H21NOS/c1-12-4-5-15(13(2)17-3)16(10-12)18-8-6-14-7-9-19-11-14/h4-5,7,9-11,13,17H,6,8H2,1-3H3. The Morgan fingerprint density at radius 3 is 2.84 bits per heavy atom. The third kappa shape index (κ3) is 3.82. The molecule has 0 bridgehead atoms. The van der Waals surface area contributed by atoms with Gasteiger partial charge in [-0.3, -0.25) is 0 Å². The highest BCUT2D eigenvalue weighted by Crippen LogP contribution is 2.26. The van der Waals surface area contributed by atoms with Crippen molar-refractivity contribution in [3.63, 3.8) is 0 Å². The second kappa shape index (κ2) is 6.73. The molecule has 0 radical (unpaired) electrons. The van der Waals surface area contributed by atoms with Crippen molar-refractivity contribution in [3.8, 4) is 5.75 Å². The molecule has 2 rings (SSSR count). The van der Waals surface area contributed by atoms with E-state index in [0.717, 1.165) is 18.8 Å². The van der Waals surface area contributed by atoms with Gasteiger partial charge in [-0.05, 0) is 54.9 Å². The SMILES string of the molecule is CNC(C)c1ccc(C)cc1OCCc1ccsc1. The maximum Gasteiger partial charge on any atom is 0.124 e. The van der Waals surface area contributed by atoms with Gasteiger partial charge in [0.2, 0.25) is 0 Å². The quantitative estimate of drug-likeness (QED) is 0.861. The van der Waals surface area contributed by atoms with Gasteiger partial charge in [0.15, 0.2) is 0 Å². The summed E-state index contributed by atoms with van der Waals surface area (Å²) in [4.78, 5) is 0. The maximum atomic E-state index is 5.98. The molecular formula is C16H21NOS. The van der Waals surface area contributed by atoms with E-state index in [4.69, 9.17) is 4.74 Å². The molecule has 0 fully saturated rings. The smallest absolute Gasteiger partial charge is 0.124 e. The molecule has 2 aromatic rings. The Hall–Kier alpha value is -1.32. The van der Waals surface area contributed by atoms with E-state index in [0.29, 0.717) is 6.04 Å². The van der Waals surface area contributed by atoms with E-state index in [2.05, 4.69) is 54.2 Å². The van der Waals surface area contributed by atoms with Gasteiger partial charge in [0.1, 0.15) is 5.75 Å². The van der Waals surface area contributed by atoms with Crippen LogP contribution >= 0.6 is 11.3 Å². The van der Waals surface area contributed by atoms with Crippen LogP contribution in [-0.4, -0.2) is 13.7 Å². The fourth-order valence-electron chi connectivity index (χ4n) is 1.99. The number of benzene rings is 1. The zero-order valence-corrected chi connectivity index (χ0v) is 12.6. The van der Waals surface area contributed by atoms with E-state index < -0.39 is 0 Å². The maximum absolute atomic E-state index is 5.98. The molecular weight excluding hydrogens is 254 g/mol. The van der Waals surface area contributed by atoms with E-state index in [1.54, 1.807) is 11.3 Å². The van der Waals surface area contributed by atoms with Crippen LogP contribution in [-0.2, 0) is 6.42 Å². The minimum Gasteiger partial charge on any atom is -0.493 e. The summed E-state index contributed by atoms with van der Waals surface area (Å²) in [5.74, 6) is 0.997. The molecule has 1 N–H and O–H groups in total. The van der Waals surface area contributed by atoms with Crippen molar-refractivity contribution in [1.82, 2.24) is 5.32 Å². The molecule has 1 aromatic carbocycles. The summed E-state index contributed by atoms with van der Waals surface area (Å²) < 4.78 is 5.98. The molecule has 0 aliphatic carbocycles. The van der Waals surface area contributed by atoms with Crippen LogP contribution < -0.4 is 10.1 Å². The van der Waals surface area contributed by atoms with E-state index in [-0.39, 0.29) is 0 Å². The molecule has 0 amide bonds. The van der Waals surface area contributed by atoms with Gasteiger partial charge in [-0.15, -0.1) is 0 Å². The van der Waals surface area contributed by atoms with Crippen molar-refractivity contribution in [2.24, 2.45) is 0 Å². The Kier molecular flexibility index (Phi) is 5.00. The molecule has 0 spiro atoms. The highest BCUT2D eigenvalue weighted by atomic mass is 32.1. The van der Waals surface area contributed by atoms with Crippen molar-refractivity contribution in [3.05, 3.63) is 51.7 Å². The van der Waals surface area contributed by atoms with Crippen molar-refractivity contribution >= 4 is 11.3 Å². The van der Waals surface area contributed by atoms with Crippen LogP contribution in [0.25, 0.3) is 0 Å². The van der Waals surface area contributed by atoms with Gasteiger partial charge in [-0.2, -0.15) is 11.3 Å². The average Bonchev–Trinajstić information content (AvgIpc) is 2.91. The molecule has 3 heteroatoms. The largest absolute Gasteiger partial charge is 0.493 e. The average molecular weight is 275 g/mol. The summed E-state index contributed by atoms with van der Waals surface area (Å²) in [6.07, 6.45) is 0.963. The number of hydrogen-bond acceptors (Lipinski definition) is 3. The zero-order valence-electron chi connectivity index (χ0n) is 11.8. The first-order valence-electron chi connectivity index (χ1n) is 6.62. The molecule has 0 saturated carbocycles. The summed E-state index contributed by atoms with van der Waals surface area (Å²) in [5.41, 5.74) is 3.80.